The summed E-state index contributed by atoms with van der Waals surface area (Å²) in [6, 6.07) is 8.09. The van der Waals surface area contributed by atoms with Crippen LogP contribution in [0.15, 0.2) is 24.3 Å². The van der Waals surface area contributed by atoms with Crippen molar-refractivity contribution in [2.24, 2.45) is 5.73 Å². The van der Waals surface area contributed by atoms with Crippen LogP contribution in [0.5, 0.6) is 5.75 Å². The zero-order chi connectivity index (χ0) is 16.3. The summed E-state index contributed by atoms with van der Waals surface area (Å²) >= 11 is 0. The van der Waals surface area contributed by atoms with Crippen molar-refractivity contribution in [1.29, 1.82) is 0 Å². The molecule has 0 spiro atoms. The Kier molecular flexibility index (Phi) is 5.40. The maximum absolute atomic E-state index is 11.5. The second kappa shape index (κ2) is 6.48. The van der Waals surface area contributed by atoms with Gasteiger partial charge >= 0.3 is 0 Å². The van der Waals surface area contributed by atoms with Gasteiger partial charge in [0.05, 0.1) is 11.6 Å². The first-order valence-electron chi connectivity index (χ1n) is 7.34. The predicted molar refractivity (Wildman–Crippen MR) is 86.5 cm³/mol. The van der Waals surface area contributed by atoms with Gasteiger partial charge in [0.15, 0.2) is 0 Å². The molecule has 0 saturated heterocycles. The van der Waals surface area contributed by atoms with Gasteiger partial charge in [0.25, 0.3) is 0 Å². The molecule has 4 heteroatoms. The normalized spacial score (nSPS) is 16.1. The molecule has 1 amide bonds. The first-order chi connectivity index (χ1) is 9.58. The first kappa shape index (κ1) is 17.5. The molecule has 1 rings (SSSR count). The number of likely N-dealkylation sites (N-methyl/N-ethyl adjacent to an activating group) is 1. The van der Waals surface area contributed by atoms with Crippen molar-refractivity contribution < 1.29 is 9.53 Å². The number of ether oxygens (including phenoxy) is 1. The molecule has 1 aromatic carbocycles. The summed E-state index contributed by atoms with van der Waals surface area (Å²) in [4.78, 5) is 11.5. The van der Waals surface area contributed by atoms with Gasteiger partial charge in [-0.15, -0.1) is 0 Å². The van der Waals surface area contributed by atoms with Crippen molar-refractivity contribution in [3.05, 3.63) is 29.8 Å². The van der Waals surface area contributed by atoms with E-state index in [1.807, 2.05) is 19.1 Å². The average molecular weight is 292 g/mol. The minimum absolute atomic E-state index is 0.115. The fraction of sp³-hybridized carbons (Fsp3) is 0.588. The molecule has 0 aliphatic heterocycles. The van der Waals surface area contributed by atoms with E-state index in [1.54, 1.807) is 14.0 Å². The molecule has 0 saturated carbocycles. The van der Waals surface area contributed by atoms with E-state index in [1.165, 1.54) is 5.56 Å². The summed E-state index contributed by atoms with van der Waals surface area (Å²) in [7, 11) is 1.73. The van der Waals surface area contributed by atoms with E-state index in [-0.39, 0.29) is 17.4 Å². The standard InChI is InChI=1S/C17H28N2O2/c1-12(11-17(5,19-6)15(18)20)21-14-9-7-13(8-10-14)16(2,3)4/h7-10,12,19H,11H2,1-6H3,(H2,18,20). The van der Waals surface area contributed by atoms with Crippen molar-refractivity contribution in [3.8, 4) is 5.75 Å². The number of carbonyl (C=O) groups is 1. The number of hydrogen-bond donors (Lipinski definition) is 2. The van der Waals surface area contributed by atoms with Crippen molar-refractivity contribution in [1.82, 2.24) is 5.32 Å². The van der Waals surface area contributed by atoms with Gasteiger partial charge in [-0.2, -0.15) is 0 Å². The highest BCUT2D eigenvalue weighted by Crippen LogP contribution is 2.25. The number of benzene rings is 1. The second-order valence-electron chi connectivity index (χ2n) is 6.85. The molecule has 0 radical (unpaired) electrons. The topological polar surface area (TPSA) is 64.3 Å². The summed E-state index contributed by atoms with van der Waals surface area (Å²) in [6.45, 7) is 10.3. The maximum atomic E-state index is 11.5. The summed E-state index contributed by atoms with van der Waals surface area (Å²) in [5.41, 5.74) is 6.06. The molecule has 118 valence electrons. The smallest absolute Gasteiger partial charge is 0.237 e. The molecule has 0 heterocycles. The van der Waals surface area contributed by atoms with E-state index in [0.717, 1.165) is 5.75 Å². The highest BCUT2D eigenvalue weighted by atomic mass is 16.5. The van der Waals surface area contributed by atoms with E-state index in [0.29, 0.717) is 6.42 Å². The Balaban J connectivity index is 2.71. The molecule has 2 unspecified atom stereocenters. The Morgan fingerprint density at radius 2 is 1.76 bits per heavy atom. The molecule has 0 bridgehead atoms. The van der Waals surface area contributed by atoms with Gasteiger partial charge in [0.2, 0.25) is 5.91 Å². The van der Waals surface area contributed by atoms with Crippen LogP contribution in [-0.2, 0) is 10.2 Å². The van der Waals surface area contributed by atoms with E-state index < -0.39 is 5.54 Å². The second-order valence-corrected chi connectivity index (χ2v) is 6.85. The fourth-order valence-corrected chi connectivity index (χ4v) is 2.21. The van der Waals surface area contributed by atoms with E-state index in [9.17, 15) is 4.79 Å². The molecule has 0 fully saturated rings. The van der Waals surface area contributed by atoms with Crippen LogP contribution in [-0.4, -0.2) is 24.6 Å². The summed E-state index contributed by atoms with van der Waals surface area (Å²) < 4.78 is 5.88. The van der Waals surface area contributed by atoms with Crippen LogP contribution in [0.2, 0.25) is 0 Å². The minimum Gasteiger partial charge on any atom is -0.491 e. The minimum atomic E-state index is -0.759. The van der Waals surface area contributed by atoms with Crippen LogP contribution in [0.25, 0.3) is 0 Å². The lowest BCUT2D eigenvalue weighted by molar-refractivity contribution is -0.124. The van der Waals surface area contributed by atoms with Crippen molar-refractivity contribution >= 4 is 5.91 Å². The van der Waals surface area contributed by atoms with E-state index in [4.69, 9.17) is 10.5 Å². The SMILES string of the molecule is CNC(C)(CC(C)Oc1ccc(C(C)(C)C)cc1)C(N)=O. The Morgan fingerprint density at radius 1 is 1.24 bits per heavy atom. The van der Waals surface area contributed by atoms with Gasteiger partial charge in [-0.1, -0.05) is 32.9 Å². The van der Waals surface area contributed by atoms with Gasteiger partial charge in [-0.25, -0.2) is 0 Å². The number of carbonyl (C=O) groups excluding carboxylic acids is 1. The van der Waals surface area contributed by atoms with Gasteiger partial charge < -0.3 is 15.8 Å². The summed E-state index contributed by atoms with van der Waals surface area (Å²) in [5, 5.41) is 2.97. The van der Waals surface area contributed by atoms with E-state index >= 15 is 0 Å². The van der Waals surface area contributed by atoms with Crippen LogP contribution >= 0.6 is 0 Å². The molecule has 0 aromatic heterocycles. The third-order valence-electron chi connectivity index (χ3n) is 3.85. The molecule has 1 aromatic rings. The average Bonchev–Trinajstić information content (AvgIpc) is 2.37. The van der Waals surface area contributed by atoms with Crippen LogP contribution < -0.4 is 15.8 Å². The first-order valence-corrected chi connectivity index (χ1v) is 7.34. The summed E-state index contributed by atoms with van der Waals surface area (Å²) in [6.07, 6.45) is 0.398. The maximum Gasteiger partial charge on any atom is 0.237 e. The lowest BCUT2D eigenvalue weighted by Crippen LogP contribution is -2.53. The highest BCUT2D eigenvalue weighted by Gasteiger charge is 2.31. The lowest BCUT2D eigenvalue weighted by atomic mass is 9.87. The fourth-order valence-electron chi connectivity index (χ4n) is 2.21. The predicted octanol–water partition coefficient (Wildman–Crippen LogP) is 2.60. The van der Waals surface area contributed by atoms with Gasteiger partial charge in [-0.05, 0) is 44.0 Å². The zero-order valence-corrected chi connectivity index (χ0v) is 14.0. The Morgan fingerprint density at radius 3 is 2.14 bits per heavy atom. The van der Waals surface area contributed by atoms with E-state index in [2.05, 4.69) is 38.2 Å². The van der Waals surface area contributed by atoms with Gasteiger partial charge in [0, 0.05) is 6.42 Å². The highest BCUT2D eigenvalue weighted by molar-refractivity contribution is 5.84. The quantitative estimate of drug-likeness (QED) is 0.847. The van der Waals surface area contributed by atoms with Crippen LogP contribution in [0.1, 0.15) is 46.6 Å². The molecular weight excluding hydrogens is 264 g/mol. The number of amides is 1. The summed E-state index contributed by atoms with van der Waals surface area (Å²) in [5.74, 6) is 0.432. The lowest BCUT2D eigenvalue weighted by Gasteiger charge is -2.29. The van der Waals surface area contributed by atoms with Crippen molar-refractivity contribution in [2.45, 2.75) is 58.1 Å². The van der Waals surface area contributed by atoms with Crippen molar-refractivity contribution in [3.63, 3.8) is 0 Å². The van der Waals surface area contributed by atoms with Crippen molar-refractivity contribution in [2.75, 3.05) is 7.05 Å². The number of rotatable bonds is 6. The third-order valence-corrected chi connectivity index (χ3v) is 3.85. The van der Waals surface area contributed by atoms with Crippen LogP contribution in [0.3, 0.4) is 0 Å². The third kappa shape index (κ3) is 4.74. The molecular formula is C17H28N2O2. The largest absolute Gasteiger partial charge is 0.491 e. The number of primary amides is 1. The Hall–Kier alpha value is -1.55. The molecule has 2 atom stereocenters. The Labute approximate surface area is 128 Å². The molecule has 0 aliphatic rings. The number of hydrogen-bond acceptors (Lipinski definition) is 3. The van der Waals surface area contributed by atoms with Gasteiger partial charge in [-0.3, -0.25) is 4.79 Å². The monoisotopic (exact) mass is 292 g/mol. The number of nitrogens with two attached hydrogens (primary N) is 1. The van der Waals surface area contributed by atoms with Crippen LogP contribution in [0.4, 0.5) is 0 Å². The zero-order valence-electron chi connectivity index (χ0n) is 14.0. The van der Waals surface area contributed by atoms with Gasteiger partial charge in [0.1, 0.15) is 5.75 Å². The number of nitrogens with one attached hydrogen (secondary N) is 1. The molecule has 3 N–H and O–H groups in total. The Bertz CT molecular complexity index is 477. The molecule has 21 heavy (non-hydrogen) atoms. The molecule has 4 nitrogen and oxygen atoms in total. The molecule has 0 aliphatic carbocycles. The van der Waals surface area contributed by atoms with Crippen LogP contribution in [0, 0.1) is 0 Å².